The molecule has 3 rings (SSSR count). The van der Waals surface area contributed by atoms with Crippen LogP contribution in [0.2, 0.25) is 0 Å². The van der Waals surface area contributed by atoms with Crippen LogP contribution in [0, 0.1) is 5.82 Å². The van der Waals surface area contributed by atoms with Crippen LogP contribution in [0.5, 0.6) is 0 Å². The summed E-state index contributed by atoms with van der Waals surface area (Å²) in [5.41, 5.74) is 0.175. The molecule has 2 atom stereocenters. The topological polar surface area (TPSA) is 66.5 Å². The van der Waals surface area contributed by atoms with E-state index < -0.39 is 27.6 Å². The number of amides is 1. The first-order valence-electron chi connectivity index (χ1n) is 7.56. The Hall–Kier alpha value is -0.990. The molecule has 0 radical (unpaired) electrons. The minimum atomic E-state index is -3.17. The van der Waals surface area contributed by atoms with Crippen molar-refractivity contribution in [3.8, 4) is 0 Å². The number of carbonyl (C=O) groups is 1. The molecule has 0 bridgehead atoms. The molecule has 1 aromatic carbocycles. The summed E-state index contributed by atoms with van der Waals surface area (Å²) in [6.07, 6.45) is 2.10. The van der Waals surface area contributed by atoms with Crippen LogP contribution in [0.15, 0.2) is 22.7 Å². The lowest BCUT2D eigenvalue weighted by Gasteiger charge is -2.28. The molecule has 0 aromatic heterocycles. The van der Waals surface area contributed by atoms with E-state index in [1.54, 1.807) is 0 Å². The van der Waals surface area contributed by atoms with Gasteiger partial charge in [0.25, 0.3) is 5.91 Å². The van der Waals surface area contributed by atoms with E-state index in [-0.39, 0.29) is 23.1 Å². The summed E-state index contributed by atoms with van der Waals surface area (Å²) in [6.45, 7) is 1.71. The van der Waals surface area contributed by atoms with E-state index in [0.29, 0.717) is 4.47 Å². The Balaban J connectivity index is 1.79. The molecule has 0 saturated carbocycles. The Bertz CT molecular complexity index is 719. The highest BCUT2D eigenvalue weighted by Gasteiger charge is 2.42. The maximum absolute atomic E-state index is 13.4. The van der Waals surface area contributed by atoms with Gasteiger partial charge in [-0.05, 0) is 60.1 Å². The van der Waals surface area contributed by atoms with Gasteiger partial charge < -0.3 is 5.32 Å². The highest BCUT2D eigenvalue weighted by Crippen LogP contribution is 2.24. The summed E-state index contributed by atoms with van der Waals surface area (Å²) >= 11 is 3.23. The van der Waals surface area contributed by atoms with Crippen molar-refractivity contribution in [2.45, 2.75) is 24.9 Å². The van der Waals surface area contributed by atoms with E-state index in [2.05, 4.69) is 26.1 Å². The Kier molecular flexibility index (Phi) is 4.75. The second-order valence-electron chi connectivity index (χ2n) is 6.09. The zero-order valence-corrected chi connectivity index (χ0v) is 14.9. The summed E-state index contributed by atoms with van der Waals surface area (Å²) in [7, 11) is -3.17. The third-order valence-corrected chi connectivity index (χ3v) is 6.83. The molecule has 2 heterocycles. The van der Waals surface area contributed by atoms with Gasteiger partial charge in [-0.1, -0.05) is 0 Å². The lowest BCUT2D eigenvalue weighted by Crippen LogP contribution is -2.50. The van der Waals surface area contributed by atoms with Crippen LogP contribution in [0.4, 0.5) is 4.39 Å². The van der Waals surface area contributed by atoms with Gasteiger partial charge in [0.15, 0.2) is 9.84 Å². The number of rotatable bonds is 3. The summed E-state index contributed by atoms with van der Waals surface area (Å²) in [6, 6.07) is 3.22. The lowest BCUT2D eigenvalue weighted by atomic mass is 10.1. The standard InChI is InChI=1S/C15H18BrFN2O3S/c16-12-4-3-10(17)7-11(12)15(20)18-13-8-23(21,22)9-14(13)19-5-1-2-6-19/h3-4,7,13-14H,1-2,5-6,8-9H2,(H,18,20). The van der Waals surface area contributed by atoms with Gasteiger partial charge in [-0.3, -0.25) is 9.69 Å². The molecule has 8 heteroatoms. The minimum absolute atomic E-state index is 0.0627. The maximum Gasteiger partial charge on any atom is 0.252 e. The second kappa shape index (κ2) is 6.49. The first kappa shape index (κ1) is 16.9. The highest BCUT2D eigenvalue weighted by atomic mass is 79.9. The number of hydrogen-bond acceptors (Lipinski definition) is 4. The lowest BCUT2D eigenvalue weighted by molar-refractivity contribution is 0.0917. The number of hydrogen-bond donors (Lipinski definition) is 1. The Labute approximate surface area is 143 Å². The van der Waals surface area contributed by atoms with Crippen LogP contribution in [0.25, 0.3) is 0 Å². The largest absolute Gasteiger partial charge is 0.347 e. The molecule has 0 spiro atoms. The minimum Gasteiger partial charge on any atom is -0.347 e. The molecule has 2 fully saturated rings. The zero-order valence-electron chi connectivity index (χ0n) is 12.5. The first-order valence-corrected chi connectivity index (χ1v) is 10.2. The fourth-order valence-electron chi connectivity index (χ4n) is 3.32. The summed E-state index contributed by atoms with van der Waals surface area (Å²) in [5.74, 6) is -0.953. The van der Waals surface area contributed by atoms with Crippen molar-refractivity contribution in [1.82, 2.24) is 10.2 Å². The molecule has 1 aromatic rings. The van der Waals surface area contributed by atoms with Crippen LogP contribution in [0.1, 0.15) is 23.2 Å². The van der Waals surface area contributed by atoms with Gasteiger partial charge in [0, 0.05) is 10.5 Å². The molecule has 23 heavy (non-hydrogen) atoms. The molecular formula is C15H18BrFN2O3S. The quantitative estimate of drug-likeness (QED) is 0.830. The average molecular weight is 405 g/mol. The molecule has 5 nitrogen and oxygen atoms in total. The van der Waals surface area contributed by atoms with Gasteiger partial charge in [0.1, 0.15) is 5.82 Å². The van der Waals surface area contributed by atoms with Crippen molar-refractivity contribution in [1.29, 1.82) is 0 Å². The Morgan fingerprint density at radius 2 is 1.96 bits per heavy atom. The third-order valence-electron chi connectivity index (χ3n) is 4.42. The van der Waals surface area contributed by atoms with Crippen molar-refractivity contribution in [3.63, 3.8) is 0 Å². The molecule has 2 aliphatic heterocycles. The fourth-order valence-corrected chi connectivity index (χ4v) is 5.70. The summed E-state index contributed by atoms with van der Waals surface area (Å²) in [5, 5.41) is 2.79. The number of nitrogens with zero attached hydrogens (tertiary/aromatic N) is 1. The van der Waals surface area contributed by atoms with Crippen molar-refractivity contribution < 1.29 is 17.6 Å². The van der Waals surface area contributed by atoms with E-state index in [9.17, 15) is 17.6 Å². The molecule has 1 N–H and O–H groups in total. The number of halogens is 2. The van der Waals surface area contributed by atoms with Crippen LogP contribution in [0.3, 0.4) is 0 Å². The first-order chi connectivity index (χ1) is 10.9. The fraction of sp³-hybridized carbons (Fsp3) is 0.533. The monoisotopic (exact) mass is 404 g/mol. The van der Waals surface area contributed by atoms with Gasteiger partial charge >= 0.3 is 0 Å². The smallest absolute Gasteiger partial charge is 0.252 e. The van der Waals surface area contributed by atoms with Crippen LogP contribution < -0.4 is 5.32 Å². The SMILES string of the molecule is O=C(NC1CS(=O)(=O)CC1N1CCCC1)c1cc(F)ccc1Br. The van der Waals surface area contributed by atoms with Crippen LogP contribution in [-0.2, 0) is 9.84 Å². The van der Waals surface area contributed by atoms with Crippen LogP contribution >= 0.6 is 15.9 Å². The molecule has 126 valence electrons. The van der Waals surface area contributed by atoms with Gasteiger partial charge in [-0.25, -0.2) is 12.8 Å². The van der Waals surface area contributed by atoms with E-state index in [1.807, 2.05) is 0 Å². The van der Waals surface area contributed by atoms with Gasteiger partial charge in [0.05, 0.1) is 23.1 Å². The highest BCUT2D eigenvalue weighted by molar-refractivity contribution is 9.10. The summed E-state index contributed by atoms with van der Waals surface area (Å²) in [4.78, 5) is 14.6. The van der Waals surface area contributed by atoms with Crippen molar-refractivity contribution >= 4 is 31.7 Å². The van der Waals surface area contributed by atoms with Gasteiger partial charge in [-0.15, -0.1) is 0 Å². The average Bonchev–Trinajstić information content (AvgIpc) is 3.09. The maximum atomic E-state index is 13.4. The van der Waals surface area contributed by atoms with E-state index in [1.165, 1.54) is 12.1 Å². The van der Waals surface area contributed by atoms with Gasteiger partial charge in [0.2, 0.25) is 0 Å². The van der Waals surface area contributed by atoms with Crippen LogP contribution in [-0.4, -0.2) is 55.9 Å². The molecule has 2 aliphatic rings. The van der Waals surface area contributed by atoms with Crippen molar-refractivity contribution in [2.24, 2.45) is 0 Å². The number of likely N-dealkylation sites (tertiary alicyclic amines) is 1. The molecule has 0 aliphatic carbocycles. The number of benzene rings is 1. The molecule has 1 amide bonds. The third kappa shape index (κ3) is 3.75. The predicted molar refractivity (Wildman–Crippen MR) is 88.6 cm³/mol. The normalized spacial score (nSPS) is 27.2. The Morgan fingerprint density at radius 1 is 1.26 bits per heavy atom. The Morgan fingerprint density at radius 3 is 2.65 bits per heavy atom. The molecular weight excluding hydrogens is 387 g/mol. The van der Waals surface area contributed by atoms with E-state index >= 15 is 0 Å². The van der Waals surface area contributed by atoms with Gasteiger partial charge in [-0.2, -0.15) is 0 Å². The second-order valence-corrected chi connectivity index (χ2v) is 9.10. The zero-order chi connectivity index (χ0) is 16.6. The van der Waals surface area contributed by atoms with Crippen molar-refractivity contribution in [2.75, 3.05) is 24.6 Å². The van der Waals surface area contributed by atoms with E-state index in [4.69, 9.17) is 0 Å². The number of sulfone groups is 1. The number of carbonyl (C=O) groups excluding carboxylic acids is 1. The summed E-state index contributed by atoms with van der Waals surface area (Å²) < 4.78 is 37.8. The molecule has 2 saturated heterocycles. The number of nitrogens with one attached hydrogen (secondary N) is 1. The van der Waals surface area contributed by atoms with Crippen molar-refractivity contribution in [3.05, 3.63) is 34.1 Å². The van der Waals surface area contributed by atoms with E-state index in [0.717, 1.165) is 32.0 Å². The molecule has 2 unspecified atom stereocenters. The predicted octanol–water partition coefficient (Wildman–Crippen LogP) is 1.58.